The molecule has 8 nitrogen and oxygen atoms in total. The number of rotatable bonds is 8. The van der Waals surface area contributed by atoms with Gasteiger partial charge in [0.2, 0.25) is 0 Å². The van der Waals surface area contributed by atoms with Crippen LogP contribution in [0.15, 0.2) is 54.1 Å². The topological polar surface area (TPSA) is 96.0 Å². The van der Waals surface area contributed by atoms with Crippen LogP contribution in [0, 0.1) is 0 Å². The van der Waals surface area contributed by atoms with Gasteiger partial charge in [-0.25, -0.2) is 12.7 Å². The Morgan fingerprint density at radius 2 is 1.78 bits per heavy atom. The lowest BCUT2D eigenvalue weighted by molar-refractivity contribution is -0.122. The SMILES string of the molecule is COc1ccc(C2=C(C)C(=O)N(Cc3ccc(C(=O)NCCN4CCCC[C@H]4C)cc3)S2(=O)=O)cc1. The molecule has 9 heteroatoms. The lowest BCUT2D eigenvalue weighted by Crippen LogP contribution is -2.42. The minimum Gasteiger partial charge on any atom is -0.497 e. The van der Waals surface area contributed by atoms with Crippen LogP contribution < -0.4 is 10.1 Å². The first kappa shape index (κ1) is 25.9. The Morgan fingerprint density at radius 3 is 2.42 bits per heavy atom. The number of nitrogens with one attached hydrogen (secondary N) is 1. The minimum absolute atomic E-state index is 0.00850. The molecule has 1 atom stereocenters. The quantitative estimate of drug-likeness (QED) is 0.584. The summed E-state index contributed by atoms with van der Waals surface area (Å²) in [6.07, 6.45) is 3.66. The minimum atomic E-state index is -4.01. The number of ether oxygens (including phenoxy) is 1. The number of amides is 2. The second-order valence-electron chi connectivity index (χ2n) is 9.33. The summed E-state index contributed by atoms with van der Waals surface area (Å²) >= 11 is 0. The van der Waals surface area contributed by atoms with Crippen molar-refractivity contribution >= 4 is 26.7 Å². The van der Waals surface area contributed by atoms with Gasteiger partial charge in [0.1, 0.15) is 10.7 Å². The van der Waals surface area contributed by atoms with Crippen molar-refractivity contribution in [2.45, 2.75) is 45.7 Å². The summed E-state index contributed by atoms with van der Waals surface area (Å²) in [6.45, 7) is 6.11. The zero-order chi connectivity index (χ0) is 25.9. The van der Waals surface area contributed by atoms with E-state index in [0.717, 1.165) is 17.4 Å². The average molecular weight is 512 g/mol. The van der Waals surface area contributed by atoms with Crippen LogP contribution in [0.25, 0.3) is 4.91 Å². The highest BCUT2D eigenvalue weighted by Crippen LogP contribution is 2.37. The molecule has 0 radical (unpaired) electrons. The number of hydrogen-bond acceptors (Lipinski definition) is 6. The molecule has 0 aliphatic carbocycles. The zero-order valence-corrected chi connectivity index (χ0v) is 21.8. The molecule has 0 aromatic heterocycles. The highest BCUT2D eigenvalue weighted by atomic mass is 32.2. The van der Waals surface area contributed by atoms with Gasteiger partial charge >= 0.3 is 0 Å². The lowest BCUT2D eigenvalue weighted by Gasteiger charge is -2.33. The summed E-state index contributed by atoms with van der Waals surface area (Å²) < 4.78 is 32.6. The Labute approximate surface area is 213 Å². The number of carbonyl (C=O) groups is 2. The number of carbonyl (C=O) groups excluding carboxylic acids is 2. The van der Waals surface area contributed by atoms with Gasteiger partial charge in [-0.15, -0.1) is 0 Å². The maximum Gasteiger partial charge on any atom is 0.268 e. The molecule has 1 N–H and O–H groups in total. The predicted molar refractivity (Wildman–Crippen MR) is 139 cm³/mol. The average Bonchev–Trinajstić information content (AvgIpc) is 3.04. The molecular weight excluding hydrogens is 478 g/mol. The number of likely N-dealkylation sites (tertiary alicyclic amines) is 1. The van der Waals surface area contributed by atoms with E-state index in [9.17, 15) is 18.0 Å². The van der Waals surface area contributed by atoms with Crippen LogP contribution in [0.4, 0.5) is 0 Å². The van der Waals surface area contributed by atoms with Gasteiger partial charge in [-0.3, -0.25) is 14.5 Å². The van der Waals surface area contributed by atoms with E-state index >= 15 is 0 Å². The summed E-state index contributed by atoms with van der Waals surface area (Å²) in [6, 6.07) is 13.8. The maximum atomic E-state index is 13.3. The lowest BCUT2D eigenvalue weighted by atomic mass is 10.0. The summed E-state index contributed by atoms with van der Waals surface area (Å²) in [5.41, 5.74) is 1.73. The molecule has 2 aromatic rings. The van der Waals surface area contributed by atoms with Crippen molar-refractivity contribution < 1.29 is 22.7 Å². The molecule has 2 aromatic carbocycles. The van der Waals surface area contributed by atoms with E-state index in [4.69, 9.17) is 4.74 Å². The van der Waals surface area contributed by atoms with Crippen molar-refractivity contribution in [2.75, 3.05) is 26.7 Å². The first-order valence-electron chi connectivity index (χ1n) is 12.3. The van der Waals surface area contributed by atoms with Crippen LogP contribution in [0.5, 0.6) is 5.75 Å². The van der Waals surface area contributed by atoms with E-state index in [1.165, 1.54) is 33.3 Å². The van der Waals surface area contributed by atoms with Crippen molar-refractivity contribution in [2.24, 2.45) is 0 Å². The van der Waals surface area contributed by atoms with Gasteiger partial charge in [0.25, 0.3) is 21.8 Å². The van der Waals surface area contributed by atoms with Crippen molar-refractivity contribution in [1.29, 1.82) is 0 Å². The highest BCUT2D eigenvalue weighted by Gasteiger charge is 2.42. The molecule has 1 fully saturated rings. The van der Waals surface area contributed by atoms with Gasteiger partial charge in [-0.2, -0.15) is 0 Å². The molecule has 2 heterocycles. The predicted octanol–water partition coefficient (Wildman–Crippen LogP) is 3.40. The van der Waals surface area contributed by atoms with E-state index in [0.29, 0.717) is 35.0 Å². The zero-order valence-electron chi connectivity index (χ0n) is 21.0. The van der Waals surface area contributed by atoms with Gasteiger partial charge in [-0.05, 0) is 80.8 Å². The fraction of sp³-hybridized carbons (Fsp3) is 0.407. The van der Waals surface area contributed by atoms with Gasteiger partial charge < -0.3 is 10.1 Å². The van der Waals surface area contributed by atoms with Crippen LogP contribution in [-0.2, 0) is 21.4 Å². The van der Waals surface area contributed by atoms with Crippen molar-refractivity contribution in [1.82, 2.24) is 14.5 Å². The molecule has 2 amide bonds. The van der Waals surface area contributed by atoms with Gasteiger partial charge in [0.15, 0.2) is 0 Å². The second kappa shape index (κ2) is 10.8. The Bertz CT molecular complexity index is 1250. The Kier molecular flexibility index (Phi) is 7.80. The molecule has 192 valence electrons. The molecule has 2 aliphatic heterocycles. The van der Waals surface area contributed by atoms with E-state index in [1.54, 1.807) is 48.5 Å². The van der Waals surface area contributed by atoms with Crippen molar-refractivity contribution in [3.05, 3.63) is 70.8 Å². The standard InChI is InChI=1S/C27H33N3O5S/c1-19-6-4-5-16-29(19)17-15-28-26(31)23-9-7-21(8-10-23)18-30-27(32)20(2)25(36(30,33)34)22-11-13-24(35-3)14-12-22/h7-14,19H,4-6,15-18H2,1-3H3,(H,28,31)/t19-/m1/s1. The van der Waals surface area contributed by atoms with E-state index in [2.05, 4.69) is 17.1 Å². The third kappa shape index (κ3) is 5.32. The number of nitrogens with zero attached hydrogens (tertiary/aromatic N) is 2. The number of piperidine rings is 1. The van der Waals surface area contributed by atoms with Crippen LogP contribution in [0.2, 0.25) is 0 Å². The molecule has 4 rings (SSSR count). The summed E-state index contributed by atoms with van der Waals surface area (Å²) in [5, 5.41) is 2.96. The second-order valence-corrected chi connectivity index (χ2v) is 11.1. The molecule has 0 spiro atoms. The van der Waals surface area contributed by atoms with Crippen LogP contribution in [0.1, 0.15) is 54.6 Å². The van der Waals surface area contributed by atoms with Gasteiger partial charge in [-0.1, -0.05) is 18.6 Å². The van der Waals surface area contributed by atoms with Crippen LogP contribution in [0.3, 0.4) is 0 Å². The number of hydrogen-bond donors (Lipinski definition) is 1. The Hall–Kier alpha value is -3.17. The fourth-order valence-electron chi connectivity index (χ4n) is 4.79. The molecule has 1 saturated heterocycles. The highest BCUT2D eigenvalue weighted by molar-refractivity contribution is 7.99. The number of benzene rings is 2. The van der Waals surface area contributed by atoms with Gasteiger partial charge in [0.05, 0.1) is 13.7 Å². The molecule has 2 aliphatic rings. The molecular formula is C27H33N3O5S. The molecule has 0 bridgehead atoms. The number of methoxy groups -OCH3 is 1. The summed E-state index contributed by atoms with van der Waals surface area (Å²) in [4.78, 5) is 27.8. The number of sulfonamides is 1. The largest absolute Gasteiger partial charge is 0.497 e. The van der Waals surface area contributed by atoms with E-state index in [1.807, 2.05) is 0 Å². The molecule has 36 heavy (non-hydrogen) atoms. The monoisotopic (exact) mass is 511 g/mol. The fourth-order valence-corrected chi connectivity index (χ4v) is 6.60. The smallest absolute Gasteiger partial charge is 0.268 e. The third-order valence-corrected chi connectivity index (χ3v) is 8.89. The van der Waals surface area contributed by atoms with E-state index in [-0.39, 0.29) is 22.9 Å². The van der Waals surface area contributed by atoms with Gasteiger partial charge in [0, 0.05) is 30.3 Å². The molecule has 0 unspecified atom stereocenters. The van der Waals surface area contributed by atoms with Crippen molar-refractivity contribution in [3.8, 4) is 5.75 Å². The molecule has 0 saturated carbocycles. The van der Waals surface area contributed by atoms with Crippen molar-refractivity contribution in [3.63, 3.8) is 0 Å². The van der Waals surface area contributed by atoms with Crippen LogP contribution >= 0.6 is 0 Å². The van der Waals surface area contributed by atoms with E-state index < -0.39 is 15.9 Å². The Morgan fingerprint density at radius 1 is 1.08 bits per heavy atom. The maximum absolute atomic E-state index is 13.3. The third-order valence-electron chi connectivity index (χ3n) is 6.96. The summed E-state index contributed by atoms with van der Waals surface area (Å²) in [5.74, 6) is -0.120. The first-order valence-corrected chi connectivity index (χ1v) is 13.7. The van der Waals surface area contributed by atoms with Crippen LogP contribution in [-0.4, -0.2) is 62.2 Å². The Balaban J connectivity index is 1.39. The normalized spacial score (nSPS) is 20.0. The summed E-state index contributed by atoms with van der Waals surface area (Å²) in [7, 11) is -2.48. The first-order chi connectivity index (χ1) is 17.2.